The van der Waals surface area contributed by atoms with E-state index in [9.17, 15) is 24.0 Å². The molecule has 0 saturated carbocycles. The van der Waals surface area contributed by atoms with Gasteiger partial charge in [-0.2, -0.15) is 0 Å². The lowest BCUT2D eigenvalue weighted by atomic mass is 9.97. The summed E-state index contributed by atoms with van der Waals surface area (Å²) in [4.78, 5) is 73.9. The van der Waals surface area contributed by atoms with Crippen LogP contribution >= 0.6 is 0 Å². The fraction of sp³-hybridized carbons (Fsp3) is 0.265. The summed E-state index contributed by atoms with van der Waals surface area (Å²) in [7, 11) is 0. The number of Topliss-reactive ketones (excluding diaryl/α,β-unsaturated/α-hetero) is 2. The second kappa shape index (κ2) is 16.4. The monoisotopic (exact) mass is 610 g/mol. The zero-order chi connectivity index (χ0) is 32.0. The number of nitrogens with zero attached hydrogens (tertiary/aromatic N) is 3. The second-order valence-electron chi connectivity index (χ2n) is 10.0. The average Bonchev–Trinajstić information content (AvgIpc) is 3.06. The number of pyridine rings is 1. The summed E-state index contributed by atoms with van der Waals surface area (Å²) in [5.41, 5.74) is 0.175. The van der Waals surface area contributed by atoms with Gasteiger partial charge in [0.2, 0.25) is 23.4 Å². The zero-order valence-corrected chi connectivity index (χ0v) is 24.9. The van der Waals surface area contributed by atoms with E-state index >= 15 is 0 Å². The van der Waals surface area contributed by atoms with E-state index in [0.29, 0.717) is 30.9 Å². The Bertz CT molecular complexity index is 1660. The maximum atomic E-state index is 13.4. The largest absolute Gasteiger partial charge is 0.478 e. The van der Waals surface area contributed by atoms with E-state index in [2.05, 4.69) is 15.3 Å². The third-order valence-electron chi connectivity index (χ3n) is 6.77. The highest BCUT2D eigenvalue weighted by Crippen LogP contribution is 2.16. The third-order valence-corrected chi connectivity index (χ3v) is 6.77. The molecule has 2 aromatic heterocycles. The van der Waals surface area contributed by atoms with E-state index in [1.54, 1.807) is 85.9 Å². The molecule has 2 heterocycles. The van der Waals surface area contributed by atoms with Crippen molar-refractivity contribution in [3.8, 4) is 17.3 Å². The van der Waals surface area contributed by atoms with Gasteiger partial charge in [0.15, 0.2) is 0 Å². The molecule has 0 aliphatic heterocycles. The van der Waals surface area contributed by atoms with E-state index in [-0.39, 0.29) is 30.8 Å². The minimum atomic E-state index is -1.17. The number of carbonyl (C=O) groups is 4. The molecule has 0 bridgehead atoms. The molecule has 1 amide bonds. The molecule has 0 aliphatic rings. The molecule has 0 radical (unpaired) electrons. The lowest BCUT2D eigenvalue weighted by molar-refractivity contribution is -0.139. The first kappa shape index (κ1) is 32.5. The topological polar surface area (TPSA) is 147 Å². The second-order valence-corrected chi connectivity index (χ2v) is 10.0. The Balaban J connectivity index is 1.49. The summed E-state index contributed by atoms with van der Waals surface area (Å²) in [6.07, 6.45) is 3.73. The predicted molar refractivity (Wildman–Crippen MR) is 166 cm³/mol. The van der Waals surface area contributed by atoms with Crippen LogP contribution in [0.2, 0.25) is 0 Å². The molecule has 1 N–H and O–H groups in total. The van der Waals surface area contributed by atoms with Gasteiger partial charge in [-0.3, -0.25) is 23.7 Å². The highest BCUT2D eigenvalue weighted by atomic mass is 16.5. The molecule has 232 valence electrons. The van der Waals surface area contributed by atoms with Crippen LogP contribution in [0.25, 0.3) is 11.4 Å². The lowest BCUT2D eigenvalue weighted by Crippen LogP contribution is -2.47. The Hall–Kier alpha value is -5.45. The van der Waals surface area contributed by atoms with Gasteiger partial charge in [0.1, 0.15) is 17.9 Å². The quantitative estimate of drug-likeness (QED) is 0.114. The third kappa shape index (κ3) is 9.27. The summed E-state index contributed by atoms with van der Waals surface area (Å²) < 4.78 is 11.6. The van der Waals surface area contributed by atoms with Crippen LogP contribution in [-0.4, -0.2) is 57.2 Å². The minimum Gasteiger partial charge on any atom is -0.478 e. The number of ether oxygens (including phenoxy) is 2. The molecule has 4 aromatic rings. The highest BCUT2D eigenvalue weighted by Gasteiger charge is 2.28. The molecule has 2 aromatic carbocycles. The maximum absolute atomic E-state index is 13.4. The number of hydrogen-bond acceptors (Lipinski definition) is 9. The molecule has 11 heteroatoms. The van der Waals surface area contributed by atoms with Gasteiger partial charge < -0.3 is 14.8 Å². The summed E-state index contributed by atoms with van der Waals surface area (Å²) in [6.45, 7) is 1.44. The number of unbranched alkanes of at least 4 members (excludes halogenated alkanes) is 1. The molecule has 0 saturated heterocycles. The lowest BCUT2D eigenvalue weighted by Gasteiger charge is -2.19. The SMILES string of the molecule is CCOC(=O)c1cnc(-c2ccccc2)n(CC(=O)NC(Cc2ccccc2)C(=O)C(=O)CCCCOc2ccccn2)c1=O. The van der Waals surface area contributed by atoms with E-state index in [1.165, 1.54) is 0 Å². The van der Waals surface area contributed by atoms with Crippen molar-refractivity contribution in [1.82, 2.24) is 19.9 Å². The highest BCUT2D eigenvalue weighted by molar-refractivity contribution is 6.39. The summed E-state index contributed by atoms with van der Waals surface area (Å²) >= 11 is 0. The molecule has 1 unspecified atom stereocenters. The molecule has 45 heavy (non-hydrogen) atoms. The van der Waals surface area contributed by atoms with Crippen LogP contribution in [-0.2, 0) is 32.1 Å². The van der Waals surface area contributed by atoms with Crippen molar-refractivity contribution < 1.29 is 28.7 Å². The van der Waals surface area contributed by atoms with Crippen LogP contribution < -0.4 is 15.6 Å². The molecule has 11 nitrogen and oxygen atoms in total. The Morgan fingerprint density at radius 3 is 2.29 bits per heavy atom. The Morgan fingerprint density at radius 2 is 1.60 bits per heavy atom. The van der Waals surface area contributed by atoms with E-state index < -0.39 is 41.6 Å². The molecule has 0 aliphatic carbocycles. The first-order valence-corrected chi connectivity index (χ1v) is 14.6. The van der Waals surface area contributed by atoms with Crippen molar-refractivity contribution in [2.24, 2.45) is 0 Å². The normalized spacial score (nSPS) is 11.3. The van der Waals surface area contributed by atoms with Gasteiger partial charge in [-0.05, 0) is 31.4 Å². The number of hydrogen-bond donors (Lipinski definition) is 1. The number of esters is 1. The summed E-state index contributed by atoms with van der Waals surface area (Å²) in [5.74, 6) is -2.31. The van der Waals surface area contributed by atoms with Gasteiger partial charge in [-0.25, -0.2) is 14.8 Å². The van der Waals surface area contributed by atoms with Crippen LogP contribution in [0, 0.1) is 0 Å². The molecular weight excluding hydrogens is 576 g/mol. The Kier molecular flexibility index (Phi) is 11.8. The first-order chi connectivity index (χ1) is 21.9. The van der Waals surface area contributed by atoms with Gasteiger partial charge in [-0.1, -0.05) is 66.7 Å². The summed E-state index contributed by atoms with van der Waals surface area (Å²) in [6, 6.07) is 21.8. The van der Waals surface area contributed by atoms with Gasteiger partial charge in [0.05, 0.1) is 19.3 Å². The predicted octanol–water partition coefficient (Wildman–Crippen LogP) is 3.60. The number of aromatic nitrogens is 3. The fourth-order valence-electron chi connectivity index (χ4n) is 4.56. The van der Waals surface area contributed by atoms with E-state index in [4.69, 9.17) is 9.47 Å². The van der Waals surface area contributed by atoms with Gasteiger partial charge in [-0.15, -0.1) is 0 Å². The molecule has 0 spiro atoms. The van der Waals surface area contributed by atoms with Crippen LogP contribution in [0.3, 0.4) is 0 Å². The van der Waals surface area contributed by atoms with Gasteiger partial charge >= 0.3 is 5.97 Å². The number of amides is 1. The van der Waals surface area contributed by atoms with Crippen molar-refractivity contribution in [2.45, 2.75) is 45.2 Å². The number of ketones is 2. The van der Waals surface area contributed by atoms with Crippen LogP contribution in [0.1, 0.15) is 42.1 Å². The van der Waals surface area contributed by atoms with E-state index in [1.807, 2.05) is 6.07 Å². The van der Waals surface area contributed by atoms with Crippen LogP contribution in [0.5, 0.6) is 5.88 Å². The van der Waals surface area contributed by atoms with Crippen molar-refractivity contribution in [3.05, 3.63) is 113 Å². The fourth-order valence-corrected chi connectivity index (χ4v) is 4.56. The van der Waals surface area contributed by atoms with E-state index in [0.717, 1.165) is 16.3 Å². The summed E-state index contributed by atoms with van der Waals surface area (Å²) in [5, 5.41) is 2.65. The van der Waals surface area contributed by atoms with Gasteiger partial charge in [0.25, 0.3) is 5.56 Å². The number of benzene rings is 2. The smallest absolute Gasteiger partial charge is 0.345 e. The molecular formula is C34H34N4O7. The van der Waals surface area contributed by atoms with Crippen molar-refractivity contribution in [3.63, 3.8) is 0 Å². The maximum Gasteiger partial charge on any atom is 0.345 e. The van der Waals surface area contributed by atoms with Gasteiger partial charge in [0, 0.05) is 36.9 Å². The first-order valence-electron chi connectivity index (χ1n) is 14.6. The molecule has 4 rings (SSSR count). The number of nitrogens with one attached hydrogen (secondary N) is 1. The number of carbonyl (C=O) groups excluding carboxylic acids is 4. The minimum absolute atomic E-state index is 0.0192. The standard InChI is InChI=1S/C34H34N4O7/c1-2-44-34(43)26-22-36-32(25-15-7-4-8-16-25)38(33(26)42)23-29(40)37-27(21-24-13-5-3-6-14-24)31(41)28(39)17-10-12-20-45-30-18-9-11-19-35-30/h3-9,11,13-16,18-19,22,27H,2,10,12,17,20-21,23H2,1H3,(H,37,40). The molecule has 1 atom stereocenters. The van der Waals surface area contributed by atoms with Crippen molar-refractivity contribution >= 4 is 23.4 Å². The van der Waals surface area contributed by atoms with Crippen LogP contribution in [0.15, 0.2) is 96.1 Å². The Labute approximate surface area is 260 Å². The van der Waals surface area contributed by atoms with Crippen molar-refractivity contribution in [2.75, 3.05) is 13.2 Å². The van der Waals surface area contributed by atoms with Crippen LogP contribution in [0.4, 0.5) is 0 Å². The van der Waals surface area contributed by atoms with Crippen molar-refractivity contribution in [1.29, 1.82) is 0 Å². The zero-order valence-electron chi connectivity index (χ0n) is 24.9. The Morgan fingerprint density at radius 1 is 0.889 bits per heavy atom. The number of rotatable bonds is 16. The molecule has 0 fully saturated rings. The average molecular weight is 611 g/mol.